The second kappa shape index (κ2) is 6.43. The van der Waals surface area contributed by atoms with Crippen LogP contribution in [-0.2, 0) is 19.5 Å². The molecule has 0 heterocycles. The van der Waals surface area contributed by atoms with Gasteiger partial charge >= 0.3 is 5.97 Å². The fourth-order valence-electron chi connectivity index (χ4n) is 0.784. The molecule has 0 rings (SSSR count). The highest BCUT2D eigenvalue weighted by Crippen LogP contribution is 2.10. The molecule has 0 aromatic rings. The van der Waals surface area contributed by atoms with E-state index in [1.807, 2.05) is 6.92 Å². The van der Waals surface area contributed by atoms with E-state index < -0.39 is 21.2 Å². The summed E-state index contributed by atoms with van der Waals surface area (Å²) in [4.78, 5) is 11.1. The van der Waals surface area contributed by atoms with Gasteiger partial charge < -0.3 is 4.74 Å². The molecule has 2 unspecified atom stereocenters. The van der Waals surface area contributed by atoms with Crippen molar-refractivity contribution in [2.75, 3.05) is 6.61 Å². The number of esters is 1. The average Bonchev–Trinajstić information content (AvgIpc) is 1.99. The minimum absolute atomic E-state index is 0.299. The molecule has 0 N–H and O–H groups in total. The summed E-state index contributed by atoms with van der Waals surface area (Å²) in [6, 6.07) is 0. The van der Waals surface area contributed by atoms with Crippen molar-refractivity contribution >= 4 is 26.7 Å². The van der Waals surface area contributed by atoms with Crippen LogP contribution in [0.25, 0.3) is 0 Å². The van der Waals surface area contributed by atoms with Crippen molar-refractivity contribution in [3.8, 4) is 0 Å². The summed E-state index contributed by atoms with van der Waals surface area (Å²) in [5, 5.41) is -0.670. The van der Waals surface area contributed by atoms with Crippen LogP contribution in [0.15, 0.2) is 0 Å². The molecule has 0 fully saturated rings. The Morgan fingerprint density at radius 2 is 2.17 bits per heavy atom. The highest BCUT2D eigenvalue weighted by Gasteiger charge is 2.24. The van der Waals surface area contributed by atoms with Gasteiger partial charge in [0.05, 0.1) is 6.61 Å². The Labute approximate surface area is 79.4 Å². The van der Waals surface area contributed by atoms with E-state index in [9.17, 15) is 9.00 Å². The summed E-state index contributed by atoms with van der Waals surface area (Å²) in [5.74, 6) is -0.465. The van der Waals surface area contributed by atoms with Crippen molar-refractivity contribution < 1.29 is 13.7 Å². The standard InChI is InChI=1S/C7H13ClO3S/c1-3-5-6(12(8)10)7(9)11-4-2/h6H,3-5H2,1-2H3. The molecule has 0 radical (unpaired) electrons. The third-order valence-electron chi connectivity index (χ3n) is 1.32. The van der Waals surface area contributed by atoms with Crippen molar-refractivity contribution in [2.45, 2.75) is 31.9 Å². The first-order chi connectivity index (χ1) is 5.63. The van der Waals surface area contributed by atoms with Crippen LogP contribution in [-0.4, -0.2) is 22.0 Å². The molecule has 0 amide bonds. The molecule has 72 valence electrons. The van der Waals surface area contributed by atoms with Crippen LogP contribution in [0.2, 0.25) is 0 Å². The van der Waals surface area contributed by atoms with Gasteiger partial charge in [-0.1, -0.05) is 13.3 Å². The summed E-state index contributed by atoms with van der Waals surface area (Å²) in [5.41, 5.74) is 0. The topological polar surface area (TPSA) is 43.4 Å². The summed E-state index contributed by atoms with van der Waals surface area (Å²) in [6.45, 7) is 3.90. The van der Waals surface area contributed by atoms with Gasteiger partial charge in [0.1, 0.15) is 15.3 Å². The predicted octanol–water partition coefficient (Wildman–Crippen LogP) is 1.62. The van der Waals surface area contributed by atoms with Gasteiger partial charge in [0.15, 0.2) is 0 Å². The van der Waals surface area contributed by atoms with Gasteiger partial charge in [0, 0.05) is 0 Å². The highest BCUT2D eigenvalue weighted by atomic mass is 35.7. The molecule has 2 atom stereocenters. The molecule has 0 saturated heterocycles. The Morgan fingerprint density at radius 3 is 2.50 bits per heavy atom. The Morgan fingerprint density at radius 1 is 1.58 bits per heavy atom. The zero-order valence-electron chi connectivity index (χ0n) is 7.21. The lowest BCUT2D eigenvalue weighted by molar-refractivity contribution is -0.142. The van der Waals surface area contributed by atoms with Crippen molar-refractivity contribution in [2.24, 2.45) is 0 Å². The number of rotatable bonds is 5. The van der Waals surface area contributed by atoms with Gasteiger partial charge in [0.2, 0.25) is 0 Å². The first-order valence-electron chi connectivity index (χ1n) is 3.86. The van der Waals surface area contributed by atoms with Crippen LogP contribution >= 0.6 is 10.7 Å². The zero-order valence-corrected chi connectivity index (χ0v) is 8.78. The van der Waals surface area contributed by atoms with Gasteiger partial charge in [-0.3, -0.25) is 4.79 Å². The van der Waals surface area contributed by atoms with Crippen molar-refractivity contribution in [3.63, 3.8) is 0 Å². The summed E-state index contributed by atoms with van der Waals surface area (Å²) >= 11 is 0. The predicted molar refractivity (Wildman–Crippen MR) is 49.3 cm³/mol. The smallest absolute Gasteiger partial charge is 0.322 e. The van der Waals surface area contributed by atoms with E-state index in [1.165, 1.54) is 0 Å². The number of ether oxygens (including phenoxy) is 1. The molecule has 0 aromatic heterocycles. The van der Waals surface area contributed by atoms with Crippen LogP contribution in [0, 0.1) is 0 Å². The second-order valence-electron chi connectivity index (χ2n) is 2.28. The lowest BCUT2D eigenvalue weighted by atomic mass is 10.2. The molecule has 0 aliphatic carbocycles. The molecular formula is C7H13ClO3S. The maximum atomic E-state index is 11.1. The average molecular weight is 213 g/mol. The van der Waals surface area contributed by atoms with Gasteiger partial charge in [0.25, 0.3) is 0 Å². The van der Waals surface area contributed by atoms with Crippen LogP contribution in [0.4, 0.5) is 0 Å². The number of carbonyl (C=O) groups excluding carboxylic acids is 1. The van der Waals surface area contributed by atoms with E-state index in [0.29, 0.717) is 13.0 Å². The minimum atomic E-state index is -1.64. The lowest BCUT2D eigenvalue weighted by Gasteiger charge is -2.09. The van der Waals surface area contributed by atoms with Crippen LogP contribution in [0.3, 0.4) is 0 Å². The van der Waals surface area contributed by atoms with E-state index in [2.05, 4.69) is 0 Å². The maximum absolute atomic E-state index is 11.1. The van der Waals surface area contributed by atoms with Crippen LogP contribution in [0.5, 0.6) is 0 Å². The van der Waals surface area contributed by atoms with Gasteiger partial charge in [-0.05, 0) is 24.0 Å². The number of hydrogen-bond acceptors (Lipinski definition) is 3. The molecule has 0 saturated carbocycles. The molecule has 0 aliphatic rings. The molecule has 12 heavy (non-hydrogen) atoms. The van der Waals surface area contributed by atoms with Gasteiger partial charge in [-0.2, -0.15) is 0 Å². The molecule has 3 nitrogen and oxygen atoms in total. The van der Waals surface area contributed by atoms with Crippen molar-refractivity contribution in [1.82, 2.24) is 0 Å². The molecule has 0 spiro atoms. The summed E-state index contributed by atoms with van der Waals surface area (Å²) < 4.78 is 15.5. The van der Waals surface area contributed by atoms with Crippen molar-refractivity contribution in [1.29, 1.82) is 0 Å². The molecule has 0 aliphatic heterocycles. The third-order valence-corrected chi connectivity index (χ3v) is 2.84. The van der Waals surface area contributed by atoms with Crippen molar-refractivity contribution in [3.05, 3.63) is 0 Å². The Balaban J connectivity index is 4.09. The fourth-order valence-corrected chi connectivity index (χ4v) is 1.91. The highest BCUT2D eigenvalue weighted by molar-refractivity contribution is 8.09. The molecular weight excluding hydrogens is 200 g/mol. The van der Waals surface area contributed by atoms with E-state index in [-0.39, 0.29) is 0 Å². The first-order valence-corrected chi connectivity index (χ1v) is 5.90. The fraction of sp³-hybridized carbons (Fsp3) is 0.857. The first kappa shape index (κ1) is 11.9. The molecule has 0 aromatic carbocycles. The van der Waals surface area contributed by atoms with Gasteiger partial charge in [-0.15, -0.1) is 0 Å². The second-order valence-corrected chi connectivity index (χ2v) is 4.26. The van der Waals surface area contributed by atoms with Crippen LogP contribution in [0.1, 0.15) is 26.7 Å². The van der Waals surface area contributed by atoms with E-state index in [1.54, 1.807) is 6.92 Å². The number of hydrogen-bond donors (Lipinski definition) is 0. The Hall–Kier alpha value is -0.0900. The number of halogens is 1. The lowest BCUT2D eigenvalue weighted by Crippen LogP contribution is -2.25. The zero-order chi connectivity index (χ0) is 9.56. The Kier molecular flexibility index (Phi) is 6.38. The monoisotopic (exact) mass is 212 g/mol. The van der Waals surface area contributed by atoms with Crippen LogP contribution < -0.4 is 0 Å². The third kappa shape index (κ3) is 4.07. The molecule has 0 bridgehead atoms. The maximum Gasteiger partial charge on any atom is 0.322 e. The summed E-state index contributed by atoms with van der Waals surface area (Å²) in [7, 11) is 3.69. The largest absolute Gasteiger partial charge is 0.465 e. The number of carbonyl (C=O) groups is 1. The Bertz CT molecular complexity index is 172. The van der Waals surface area contributed by atoms with Gasteiger partial charge in [-0.25, -0.2) is 4.21 Å². The quantitative estimate of drug-likeness (QED) is 0.514. The SMILES string of the molecule is CCCC(C(=O)OCC)S(=O)Cl. The summed E-state index contributed by atoms with van der Waals surface area (Å²) in [6.07, 6.45) is 1.27. The van der Waals surface area contributed by atoms with E-state index >= 15 is 0 Å². The van der Waals surface area contributed by atoms with E-state index in [4.69, 9.17) is 15.4 Å². The minimum Gasteiger partial charge on any atom is -0.465 e. The normalized spacial score (nSPS) is 15.2. The van der Waals surface area contributed by atoms with E-state index in [0.717, 1.165) is 6.42 Å². The molecule has 5 heteroatoms.